The maximum atomic E-state index is 12.9. The number of nitrogens with zero attached hydrogens (tertiary/aromatic N) is 1. The first-order valence-electron chi connectivity index (χ1n) is 10.1. The fourth-order valence-corrected chi connectivity index (χ4v) is 3.83. The van der Waals surface area contributed by atoms with Crippen molar-refractivity contribution in [2.45, 2.75) is 49.6 Å². The summed E-state index contributed by atoms with van der Waals surface area (Å²) < 4.78 is 5.54. The molecule has 0 spiro atoms. The third-order valence-corrected chi connectivity index (χ3v) is 5.48. The van der Waals surface area contributed by atoms with Crippen LogP contribution in [0.4, 0.5) is 0 Å². The van der Waals surface area contributed by atoms with Gasteiger partial charge in [-0.25, -0.2) is 4.98 Å². The van der Waals surface area contributed by atoms with Crippen LogP contribution in [0.5, 0.6) is 0 Å². The molecular weight excluding hydrogens is 380 g/mol. The number of aryl methyl sites for hydroxylation is 1. The average molecular weight is 409 g/mol. The molecule has 0 saturated heterocycles. The lowest BCUT2D eigenvalue weighted by atomic mass is 10.1. The minimum Gasteiger partial charge on any atom is -0.379 e. The van der Waals surface area contributed by atoms with Crippen LogP contribution in [0.15, 0.2) is 64.5 Å². The Bertz CT molecular complexity index is 955. The summed E-state index contributed by atoms with van der Waals surface area (Å²) in [4.78, 5) is 18.7. The molecule has 3 rings (SSSR count). The molecule has 1 heterocycles. The topological polar surface area (TPSA) is 51.2 Å². The smallest absolute Gasteiger partial charge is 0.252 e. The number of hydrogen-bond donors (Lipinski definition) is 1. The zero-order chi connectivity index (χ0) is 20.6. The molecule has 3 aromatic rings. The number of para-hydroxylation sites is 1. The van der Waals surface area contributed by atoms with Crippen molar-refractivity contribution < 1.29 is 9.53 Å². The Balaban J connectivity index is 1.77. The van der Waals surface area contributed by atoms with Crippen LogP contribution in [-0.4, -0.2) is 30.1 Å². The van der Waals surface area contributed by atoms with Crippen LogP contribution >= 0.6 is 11.8 Å². The SMILES string of the molecule is CCc1ccc(Sc2cc(C(=O)NCCCOC(C)C)c3ccccc3n2)cc1. The van der Waals surface area contributed by atoms with Crippen LogP contribution in [-0.2, 0) is 11.2 Å². The highest BCUT2D eigenvalue weighted by atomic mass is 32.2. The van der Waals surface area contributed by atoms with Crippen LogP contribution in [0.1, 0.15) is 43.1 Å². The first-order chi connectivity index (χ1) is 14.1. The molecule has 29 heavy (non-hydrogen) atoms. The number of benzene rings is 2. The van der Waals surface area contributed by atoms with Gasteiger partial charge in [0.1, 0.15) is 5.03 Å². The zero-order valence-electron chi connectivity index (χ0n) is 17.3. The monoisotopic (exact) mass is 408 g/mol. The Morgan fingerprint density at radius 3 is 2.62 bits per heavy atom. The predicted octanol–water partition coefficient (Wildman–Crippen LogP) is 5.49. The van der Waals surface area contributed by atoms with Gasteiger partial charge in [0.25, 0.3) is 5.91 Å². The summed E-state index contributed by atoms with van der Waals surface area (Å²) in [6.45, 7) is 7.40. The second-order valence-corrected chi connectivity index (χ2v) is 8.25. The van der Waals surface area contributed by atoms with E-state index < -0.39 is 0 Å². The van der Waals surface area contributed by atoms with Crippen LogP contribution in [0.25, 0.3) is 10.9 Å². The third-order valence-electron chi connectivity index (χ3n) is 4.55. The molecule has 0 radical (unpaired) electrons. The van der Waals surface area contributed by atoms with E-state index in [2.05, 4.69) is 36.5 Å². The number of hydrogen-bond acceptors (Lipinski definition) is 4. The van der Waals surface area contributed by atoms with Crippen molar-refractivity contribution in [2.24, 2.45) is 0 Å². The summed E-state index contributed by atoms with van der Waals surface area (Å²) in [7, 11) is 0. The van der Waals surface area contributed by atoms with Crippen molar-refractivity contribution in [1.82, 2.24) is 10.3 Å². The van der Waals surface area contributed by atoms with Gasteiger partial charge < -0.3 is 10.1 Å². The Morgan fingerprint density at radius 2 is 1.90 bits per heavy atom. The van der Waals surface area contributed by atoms with Gasteiger partial charge in [-0.1, -0.05) is 49.0 Å². The van der Waals surface area contributed by atoms with Crippen LogP contribution < -0.4 is 5.32 Å². The fourth-order valence-electron chi connectivity index (χ4n) is 2.99. The number of nitrogens with one attached hydrogen (secondary N) is 1. The number of fused-ring (bicyclic) bond motifs is 1. The number of carbonyl (C=O) groups excluding carboxylic acids is 1. The second kappa shape index (κ2) is 10.4. The van der Waals surface area contributed by atoms with Crippen molar-refractivity contribution in [3.63, 3.8) is 0 Å². The maximum Gasteiger partial charge on any atom is 0.252 e. The van der Waals surface area contributed by atoms with Gasteiger partial charge in [0.2, 0.25) is 0 Å². The fraction of sp³-hybridized carbons (Fsp3) is 0.333. The Morgan fingerprint density at radius 1 is 1.14 bits per heavy atom. The highest BCUT2D eigenvalue weighted by molar-refractivity contribution is 7.99. The Kier molecular flexibility index (Phi) is 7.67. The molecule has 0 saturated carbocycles. The first-order valence-corrected chi connectivity index (χ1v) is 10.9. The van der Waals surface area contributed by atoms with E-state index >= 15 is 0 Å². The third kappa shape index (κ3) is 6.05. The summed E-state index contributed by atoms with van der Waals surface area (Å²) in [6, 6.07) is 18.2. The van der Waals surface area contributed by atoms with Gasteiger partial charge in [-0.05, 0) is 56.5 Å². The quantitative estimate of drug-likeness (QED) is 0.476. The molecule has 4 nitrogen and oxygen atoms in total. The Labute approximate surface area is 177 Å². The van der Waals surface area contributed by atoms with Gasteiger partial charge >= 0.3 is 0 Å². The molecule has 0 aliphatic heterocycles. The van der Waals surface area contributed by atoms with E-state index in [0.29, 0.717) is 18.7 Å². The predicted molar refractivity (Wildman–Crippen MR) is 120 cm³/mol. The molecule has 2 aromatic carbocycles. The van der Waals surface area contributed by atoms with Crippen molar-refractivity contribution >= 4 is 28.6 Å². The lowest BCUT2D eigenvalue weighted by molar-refractivity contribution is 0.0757. The molecule has 1 N–H and O–H groups in total. The molecular formula is C24H28N2O2S. The molecule has 1 aromatic heterocycles. The van der Waals surface area contributed by atoms with E-state index in [1.54, 1.807) is 11.8 Å². The maximum absolute atomic E-state index is 12.9. The molecule has 152 valence electrons. The number of pyridine rings is 1. The summed E-state index contributed by atoms with van der Waals surface area (Å²) in [6.07, 6.45) is 2.02. The second-order valence-electron chi connectivity index (χ2n) is 7.15. The van der Waals surface area contributed by atoms with E-state index in [1.165, 1.54) is 5.56 Å². The zero-order valence-corrected chi connectivity index (χ0v) is 18.1. The molecule has 0 aliphatic carbocycles. The summed E-state index contributed by atoms with van der Waals surface area (Å²) in [5, 5.41) is 4.71. The van der Waals surface area contributed by atoms with E-state index in [4.69, 9.17) is 9.72 Å². The molecule has 5 heteroatoms. The van der Waals surface area contributed by atoms with E-state index in [1.807, 2.05) is 44.2 Å². The number of aromatic nitrogens is 1. The van der Waals surface area contributed by atoms with Crippen molar-refractivity contribution in [2.75, 3.05) is 13.2 Å². The van der Waals surface area contributed by atoms with Crippen molar-refractivity contribution in [3.8, 4) is 0 Å². The number of ether oxygens (including phenoxy) is 1. The molecule has 0 aliphatic rings. The minimum atomic E-state index is -0.0728. The minimum absolute atomic E-state index is 0.0728. The molecule has 0 fully saturated rings. The lowest BCUT2D eigenvalue weighted by Gasteiger charge is -2.11. The lowest BCUT2D eigenvalue weighted by Crippen LogP contribution is -2.26. The van der Waals surface area contributed by atoms with Gasteiger partial charge in [0, 0.05) is 23.4 Å². The first kappa shape index (κ1) is 21.3. The van der Waals surface area contributed by atoms with Gasteiger partial charge in [-0.2, -0.15) is 0 Å². The molecule has 0 atom stereocenters. The number of amides is 1. The summed E-state index contributed by atoms with van der Waals surface area (Å²) >= 11 is 1.58. The highest BCUT2D eigenvalue weighted by Gasteiger charge is 2.13. The van der Waals surface area contributed by atoms with Crippen LogP contribution in [0.3, 0.4) is 0 Å². The Hall–Kier alpha value is -2.37. The van der Waals surface area contributed by atoms with Crippen molar-refractivity contribution in [3.05, 3.63) is 65.7 Å². The highest BCUT2D eigenvalue weighted by Crippen LogP contribution is 2.30. The molecule has 1 amide bonds. The number of rotatable bonds is 9. The van der Waals surface area contributed by atoms with E-state index in [9.17, 15) is 4.79 Å². The molecule has 0 bridgehead atoms. The normalized spacial score (nSPS) is 11.2. The van der Waals surface area contributed by atoms with Gasteiger partial charge in [-0.3, -0.25) is 4.79 Å². The van der Waals surface area contributed by atoms with Crippen LogP contribution in [0, 0.1) is 0 Å². The standard InChI is InChI=1S/C24H28N2O2S/c1-4-18-10-12-19(13-11-18)29-23-16-21(20-8-5-6-9-22(20)26-23)24(27)25-14-7-15-28-17(2)3/h5-6,8-13,16-17H,4,7,14-15H2,1-3H3,(H,25,27). The van der Waals surface area contributed by atoms with E-state index in [0.717, 1.165) is 33.7 Å². The van der Waals surface area contributed by atoms with Crippen molar-refractivity contribution in [1.29, 1.82) is 0 Å². The van der Waals surface area contributed by atoms with Gasteiger partial charge in [-0.15, -0.1) is 0 Å². The van der Waals surface area contributed by atoms with Crippen LogP contribution in [0.2, 0.25) is 0 Å². The number of carbonyl (C=O) groups is 1. The largest absolute Gasteiger partial charge is 0.379 e. The van der Waals surface area contributed by atoms with Gasteiger partial charge in [0.05, 0.1) is 17.2 Å². The van der Waals surface area contributed by atoms with Gasteiger partial charge in [0.15, 0.2) is 0 Å². The van der Waals surface area contributed by atoms with E-state index in [-0.39, 0.29) is 12.0 Å². The molecule has 0 unspecified atom stereocenters. The average Bonchev–Trinajstić information content (AvgIpc) is 2.73. The summed E-state index contributed by atoms with van der Waals surface area (Å²) in [5.74, 6) is -0.0728. The summed E-state index contributed by atoms with van der Waals surface area (Å²) in [5.41, 5.74) is 2.80.